The Kier molecular flexibility index (Phi) is 61.6. The third-order valence-electron chi connectivity index (χ3n) is 19.7. The van der Waals surface area contributed by atoms with Crippen LogP contribution in [0.25, 0.3) is 0 Å². The largest absolute Gasteiger partial charge is 0.396 e. The zero-order valence-electron chi connectivity index (χ0n) is 72.9. The number of carbonyl (C=O) groups excluding carboxylic acids is 12. The predicted octanol–water partition coefficient (Wildman–Crippen LogP) is -8.97. The van der Waals surface area contributed by atoms with E-state index in [0.717, 1.165) is 0 Å². The molecule has 12 amide bonds. The molecule has 0 aromatic rings. The van der Waals surface area contributed by atoms with Gasteiger partial charge in [-0.05, 0) is 77.0 Å². The summed E-state index contributed by atoms with van der Waals surface area (Å²) in [6.45, 7) is 2.73. The van der Waals surface area contributed by atoms with Crippen LogP contribution in [0, 0.1) is 5.92 Å². The fourth-order valence-electron chi connectivity index (χ4n) is 13.0. The van der Waals surface area contributed by atoms with Crippen LogP contribution in [0.4, 0.5) is 0 Å². The molecule has 47 heteroatoms. The van der Waals surface area contributed by atoms with Gasteiger partial charge in [0.05, 0.1) is 92.4 Å². The molecular formula is C79H142N12O35. The second-order valence-electron chi connectivity index (χ2n) is 30.4. The van der Waals surface area contributed by atoms with Crippen molar-refractivity contribution in [2.75, 3.05) is 185 Å². The highest BCUT2D eigenvalue weighted by Gasteiger charge is 2.48. The summed E-state index contributed by atoms with van der Waals surface area (Å²) >= 11 is 0. The smallest absolute Gasteiger partial charge is 0.246 e. The SMILES string of the molecule is COCC(CO)CCCCNC(=O)C[C@H](CCC(=O)NCCOCCOCC(=O)NCCCCCO[C@@H]1OC(CO)[C@@H](O)[C@H](O)C1NC(C)=O)NC(=O)C[C@H](CCC(=O)NCCOCCOCC(=O)NCCCCCO[C@@H]1OC(CO)[C@@H](O)[C@H](O)C1NC(C)=O)NC(=O)CNC(=O)COCCOCCNC(=O)CCCCO[C@@H]1OC(CO)[C@@H](O)[C@H](O)C1NC(C)=O. The number of carbonyl (C=O) groups is 12. The van der Waals surface area contributed by atoms with Crippen molar-refractivity contribution in [3.63, 3.8) is 0 Å². The van der Waals surface area contributed by atoms with Crippen molar-refractivity contribution in [1.29, 1.82) is 0 Å². The minimum absolute atomic E-state index is 0.0202. The summed E-state index contributed by atoms with van der Waals surface area (Å²) in [6.07, 6.45) is -10.3. The molecular weight excluding hydrogens is 1680 g/mol. The summed E-state index contributed by atoms with van der Waals surface area (Å²) in [5.41, 5.74) is 0. The third-order valence-corrected chi connectivity index (χ3v) is 19.7. The van der Waals surface area contributed by atoms with Crippen molar-refractivity contribution >= 4 is 70.9 Å². The highest BCUT2D eigenvalue weighted by molar-refractivity contribution is 5.86. The van der Waals surface area contributed by atoms with Gasteiger partial charge < -0.3 is 176 Å². The van der Waals surface area contributed by atoms with E-state index in [-0.39, 0.29) is 187 Å². The van der Waals surface area contributed by atoms with Gasteiger partial charge in [0.1, 0.15) is 92.9 Å². The van der Waals surface area contributed by atoms with Gasteiger partial charge in [-0.3, -0.25) is 57.5 Å². The Morgan fingerprint density at radius 3 is 1.03 bits per heavy atom. The molecule has 126 heavy (non-hydrogen) atoms. The van der Waals surface area contributed by atoms with Crippen molar-refractivity contribution in [3.8, 4) is 0 Å². The summed E-state index contributed by atoms with van der Waals surface area (Å²) < 4.78 is 71.7. The molecule has 7 unspecified atom stereocenters. The van der Waals surface area contributed by atoms with Crippen molar-refractivity contribution in [2.45, 2.75) is 240 Å². The second kappa shape index (κ2) is 68.8. The first-order valence-electron chi connectivity index (χ1n) is 43.1. The van der Waals surface area contributed by atoms with E-state index in [4.69, 9.17) is 61.6 Å². The molecule has 3 heterocycles. The normalized spacial score (nSPS) is 23.0. The van der Waals surface area contributed by atoms with Gasteiger partial charge in [0, 0.05) is 144 Å². The lowest BCUT2D eigenvalue weighted by atomic mass is 9.97. The van der Waals surface area contributed by atoms with E-state index >= 15 is 0 Å². The molecule has 3 aliphatic heterocycles. The van der Waals surface area contributed by atoms with Gasteiger partial charge in [0.2, 0.25) is 70.9 Å². The highest BCUT2D eigenvalue weighted by Crippen LogP contribution is 2.26. The molecule has 0 radical (unpaired) electrons. The molecule has 0 aliphatic carbocycles. The van der Waals surface area contributed by atoms with Crippen LogP contribution in [0.1, 0.15) is 136 Å². The van der Waals surface area contributed by atoms with Crippen LogP contribution in [0.3, 0.4) is 0 Å². The molecule has 18 atom stereocenters. The molecule has 3 saturated heterocycles. The van der Waals surface area contributed by atoms with Gasteiger partial charge in [-0.1, -0.05) is 6.42 Å². The summed E-state index contributed by atoms with van der Waals surface area (Å²) in [5, 5.41) is 132. The Hall–Kier alpha value is -7.28. The van der Waals surface area contributed by atoms with Crippen LogP contribution < -0.4 is 63.8 Å². The fraction of sp³-hybridized carbons (Fsp3) is 0.848. The molecule has 3 fully saturated rings. The maximum absolute atomic E-state index is 14.0. The minimum atomic E-state index is -1.46. The van der Waals surface area contributed by atoms with Crippen molar-refractivity contribution < 1.29 is 170 Å². The monoisotopic (exact) mass is 1820 g/mol. The summed E-state index contributed by atoms with van der Waals surface area (Å²) in [6, 6.07) is -5.16. The molecule has 728 valence electrons. The lowest BCUT2D eigenvalue weighted by Crippen LogP contribution is -2.64. The number of nitrogens with one attached hydrogen (secondary N) is 12. The summed E-state index contributed by atoms with van der Waals surface area (Å²) in [5.74, 6) is -6.00. The van der Waals surface area contributed by atoms with Crippen LogP contribution in [-0.4, -0.2) is 411 Å². The first-order chi connectivity index (χ1) is 60.5. The molecule has 0 aromatic heterocycles. The number of unbranched alkanes of at least 4 members (excludes halogenated alkanes) is 6. The number of hydrogen-bond donors (Lipinski definition) is 22. The zero-order chi connectivity index (χ0) is 92.8. The van der Waals surface area contributed by atoms with Gasteiger partial charge in [0.25, 0.3) is 0 Å². The average Bonchev–Trinajstić information content (AvgIpc) is 0.818. The van der Waals surface area contributed by atoms with Gasteiger partial charge in [0.15, 0.2) is 18.9 Å². The lowest BCUT2D eigenvalue weighted by molar-refractivity contribution is -0.270. The maximum atomic E-state index is 14.0. The number of methoxy groups -OCH3 is 1. The van der Waals surface area contributed by atoms with Crippen LogP contribution >= 0.6 is 0 Å². The molecule has 0 spiro atoms. The standard InChI is InChI=1S/C79H142N12O35/c1-50(96)87-68-74(111)71(108)56(43-93)124-77(68)121-27-12-5-9-21-81-65(105)47-118-36-33-116-31-25-84-60(100)19-17-54(39-62(102)80-23-11-7-15-53(42-92)46-114-4)90-63(103)40-55(18-20-61(101)85-26-32-117-34-37-119-48-66(106)82-22-10-6-13-28-122-78-69(88-51(2)97)75(112)72(109)57(44-94)125-78)91-64(104)41-86-67(107)49-120-38-35-115-30-24-83-59(99)16-8-14-29-123-79-70(89-52(3)98)76(113)73(110)58(45-95)126-79/h53-58,68-79,92-95,108-113H,5-49H2,1-4H3,(H,80,102)(H,81,105)(H,82,106)(H,83,99)(H,84,100)(H,85,101)(H,86,107)(H,87,96)(H,88,97)(H,89,98)(H,90,103)(H,91,104)/t53?,54-,55-,56?,57?,58?,68?,69?,70?,71+,72+,73+,74+,75+,76+,77+,78+,79+/m0/s1. The van der Waals surface area contributed by atoms with E-state index in [2.05, 4.69) is 63.8 Å². The topological polar surface area (TPSA) is 671 Å². The Bertz CT molecular complexity index is 3100. The van der Waals surface area contributed by atoms with E-state index in [9.17, 15) is 109 Å². The molecule has 0 saturated carbocycles. The van der Waals surface area contributed by atoms with Crippen LogP contribution in [-0.2, 0) is 119 Å². The molecule has 22 N–H and O–H groups in total. The Balaban J connectivity index is 1.48. The van der Waals surface area contributed by atoms with Gasteiger partial charge in [-0.2, -0.15) is 0 Å². The Labute approximate surface area is 733 Å². The van der Waals surface area contributed by atoms with E-state index in [1.54, 1.807) is 0 Å². The first kappa shape index (κ1) is 113. The molecule has 0 bridgehead atoms. The number of rotatable bonds is 72. The third kappa shape index (κ3) is 50.6. The van der Waals surface area contributed by atoms with Gasteiger partial charge in [-0.15, -0.1) is 0 Å². The van der Waals surface area contributed by atoms with E-state index in [1.165, 1.54) is 27.9 Å². The van der Waals surface area contributed by atoms with Crippen LogP contribution in [0.15, 0.2) is 0 Å². The average molecular weight is 1820 g/mol. The minimum Gasteiger partial charge on any atom is -0.396 e. The van der Waals surface area contributed by atoms with Gasteiger partial charge in [-0.25, -0.2) is 0 Å². The lowest BCUT2D eigenvalue weighted by Gasteiger charge is -2.42. The summed E-state index contributed by atoms with van der Waals surface area (Å²) in [4.78, 5) is 152. The van der Waals surface area contributed by atoms with Crippen molar-refractivity contribution in [2.24, 2.45) is 5.92 Å². The van der Waals surface area contributed by atoms with E-state index < -0.39 is 197 Å². The van der Waals surface area contributed by atoms with Crippen molar-refractivity contribution in [3.05, 3.63) is 0 Å². The summed E-state index contributed by atoms with van der Waals surface area (Å²) in [7, 11) is 1.53. The maximum Gasteiger partial charge on any atom is 0.246 e. The van der Waals surface area contributed by atoms with E-state index in [1.807, 2.05) is 0 Å². The molecule has 3 rings (SSSR count). The molecule has 0 aromatic carbocycles. The predicted molar refractivity (Wildman–Crippen MR) is 439 cm³/mol. The zero-order valence-corrected chi connectivity index (χ0v) is 72.9. The van der Waals surface area contributed by atoms with Crippen molar-refractivity contribution in [1.82, 2.24) is 63.8 Å². The van der Waals surface area contributed by atoms with Crippen LogP contribution in [0.5, 0.6) is 0 Å². The quantitative estimate of drug-likeness (QED) is 0.0252. The Morgan fingerprint density at radius 2 is 0.659 bits per heavy atom. The van der Waals surface area contributed by atoms with E-state index in [0.29, 0.717) is 90.3 Å². The highest BCUT2D eigenvalue weighted by atomic mass is 16.7. The Morgan fingerprint density at radius 1 is 0.325 bits per heavy atom. The number of amides is 12. The van der Waals surface area contributed by atoms with Gasteiger partial charge >= 0.3 is 0 Å². The van der Waals surface area contributed by atoms with Crippen LogP contribution in [0.2, 0.25) is 0 Å². The molecule has 47 nitrogen and oxygen atoms in total. The first-order valence-corrected chi connectivity index (χ1v) is 43.1. The second-order valence-corrected chi connectivity index (χ2v) is 30.4. The number of aliphatic hydroxyl groups excluding tert-OH is 10. The molecule has 3 aliphatic rings. The fourth-order valence-corrected chi connectivity index (χ4v) is 13.0. The number of hydrogen-bond acceptors (Lipinski definition) is 35. The number of ether oxygens (including phenoxy) is 13. The number of aliphatic hydroxyl groups is 10.